The molecule has 2 atom stereocenters. The van der Waals surface area contributed by atoms with Gasteiger partial charge in [0.05, 0.1) is 23.3 Å². The normalized spacial score (nSPS) is 18.2. The van der Waals surface area contributed by atoms with E-state index in [4.69, 9.17) is 21.7 Å². The Kier molecular flexibility index (Phi) is 5.57. The molecule has 2 aliphatic rings. The van der Waals surface area contributed by atoms with Crippen molar-refractivity contribution in [2.45, 2.75) is 25.9 Å². The molecule has 2 N–H and O–H groups in total. The molecule has 0 bridgehead atoms. The molecule has 2 aliphatic heterocycles. The molecule has 4 aromatic rings. The van der Waals surface area contributed by atoms with Gasteiger partial charge in [-0.1, -0.05) is 6.07 Å². The average Bonchev–Trinajstić information content (AvgIpc) is 3.59. The second-order valence-electron chi connectivity index (χ2n) is 9.05. The number of hydrogen-bond donors (Lipinski definition) is 2. The van der Waals surface area contributed by atoms with Crippen LogP contribution >= 0.6 is 12.2 Å². The maximum Gasteiger partial charge on any atom is 0.335 e. The maximum atomic E-state index is 11.3. The Hall–Kier alpha value is -4.37. The smallest absolute Gasteiger partial charge is 0.335 e. The number of fused-ring (bicyclic) bond motifs is 1. The molecule has 0 radical (unpaired) electrons. The van der Waals surface area contributed by atoms with Crippen molar-refractivity contribution in [1.29, 1.82) is 0 Å². The minimum atomic E-state index is -0.948. The predicted octanol–water partition coefficient (Wildman–Crippen LogP) is 5.09. The van der Waals surface area contributed by atoms with E-state index in [2.05, 4.69) is 32.8 Å². The van der Waals surface area contributed by atoms with Gasteiger partial charge in [0.1, 0.15) is 0 Å². The van der Waals surface area contributed by atoms with Crippen molar-refractivity contribution < 1.29 is 19.4 Å². The van der Waals surface area contributed by atoms with Gasteiger partial charge >= 0.3 is 5.97 Å². The second-order valence-corrected chi connectivity index (χ2v) is 9.43. The SMILES string of the molecule is Cc1cc([C@@H]2[C@@H](c3ccccn3)NC(=S)N2c2ccc3c(c2)OCO3)c(C)n1-c1ccc(C(=O)O)cc1. The zero-order chi connectivity index (χ0) is 25.7. The van der Waals surface area contributed by atoms with Gasteiger partial charge in [-0.2, -0.15) is 0 Å². The molecule has 0 saturated carbocycles. The third kappa shape index (κ3) is 3.88. The van der Waals surface area contributed by atoms with E-state index in [9.17, 15) is 9.90 Å². The third-order valence-electron chi connectivity index (χ3n) is 6.89. The highest BCUT2D eigenvalue weighted by atomic mass is 32.1. The fourth-order valence-corrected chi connectivity index (χ4v) is 5.57. The molecule has 0 amide bonds. The molecule has 6 rings (SSSR count). The van der Waals surface area contributed by atoms with Gasteiger partial charge in [0.15, 0.2) is 16.6 Å². The summed E-state index contributed by atoms with van der Waals surface area (Å²) in [6, 6.07) is 20.4. The summed E-state index contributed by atoms with van der Waals surface area (Å²) in [6.45, 7) is 4.31. The van der Waals surface area contributed by atoms with E-state index >= 15 is 0 Å². The van der Waals surface area contributed by atoms with Crippen LogP contribution in [0.25, 0.3) is 5.69 Å². The number of carbonyl (C=O) groups is 1. The van der Waals surface area contributed by atoms with Crippen LogP contribution in [0, 0.1) is 13.8 Å². The summed E-state index contributed by atoms with van der Waals surface area (Å²) in [6.07, 6.45) is 1.79. The minimum absolute atomic E-state index is 0.192. The summed E-state index contributed by atoms with van der Waals surface area (Å²) in [7, 11) is 0. The molecular formula is C28H24N4O4S. The second kappa shape index (κ2) is 8.94. The van der Waals surface area contributed by atoms with Gasteiger partial charge < -0.3 is 29.4 Å². The summed E-state index contributed by atoms with van der Waals surface area (Å²) in [5, 5.41) is 13.4. The largest absolute Gasteiger partial charge is 0.478 e. The number of carboxylic acid groups (broad SMARTS) is 1. The highest BCUT2D eigenvalue weighted by Gasteiger charge is 2.42. The third-order valence-corrected chi connectivity index (χ3v) is 7.21. The first-order valence-corrected chi connectivity index (χ1v) is 12.3. The van der Waals surface area contributed by atoms with Crippen LogP contribution in [0.5, 0.6) is 11.5 Å². The number of nitrogens with zero attached hydrogens (tertiary/aromatic N) is 3. The van der Waals surface area contributed by atoms with Gasteiger partial charge in [0, 0.05) is 35.0 Å². The van der Waals surface area contributed by atoms with Crippen molar-refractivity contribution in [3.8, 4) is 17.2 Å². The number of thiocarbonyl (C=S) groups is 1. The van der Waals surface area contributed by atoms with Crippen LogP contribution in [-0.4, -0.2) is 32.5 Å². The Morgan fingerprint density at radius 2 is 1.78 bits per heavy atom. The summed E-state index contributed by atoms with van der Waals surface area (Å²) in [4.78, 5) is 18.1. The monoisotopic (exact) mass is 512 g/mol. The summed E-state index contributed by atoms with van der Waals surface area (Å²) in [5.41, 5.74) is 6.06. The van der Waals surface area contributed by atoms with Crippen LogP contribution in [0.4, 0.5) is 5.69 Å². The highest BCUT2D eigenvalue weighted by Crippen LogP contribution is 2.46. The van der Waals surface area contributed by atoms with Gasteiger partial charge in [-0.15, -0.1) is 0 Å². The van der Waals surface area contributed by atoms with Crippen LogP contribution in [0.1, 0.15) is 45.1 Å². The van der Waals surface area contributed by atoms with E-state index in [0.29, 0.717) is 16.6 Å². The number of ether oxygens (including phenoxy) is 2. The standard InChI is InChI=1S/C28H24N4O4S/c1-16-13-21(17(2)31(16)19-8-6-18(7-9-19)27(33)34)26-25(22-5-3-4-12-29-22)30-28(37)32(26)20-10-11-23-24(14-20)36-15-35-23/h3-14,25-26H,15H2,1-2H3,(H,30,37)(H,33,34)/t25-,26-/m1/s1. The molecule has 37 heavy (non-hydrogen) atoms. The first-order valence-electron chi connectivity index (χ1n) is 11.9. The Morgan fingerprint density at radius 3 is 2.51 bits per heavy atom. The van der Waals surface area contributed by atoms with Gasteiger partial charge in [-0.05, 0) is 86.2 Å². The van der Waals surface area contributed by atoms with E-state index in [-0.39, 0.29) is 24.4 Å². The molecule has 0 aliphatic carbocycles. The predicted molar refractivity (Wildman–Crippen MR) is 143 cm³/mol. The molecule has 1 fully saturated rings. The topological polar surface area (TPSA) is 88.9 Å². The van der Waals surface area contributed by atoms with Crippen molar-refractivity contribution in [2.75, 3.05) is 11.7 Å². The fourth-order valence-electron chi connectivity index (χ4n) is 5.22. The number of anilines is 1. The van der Waals surface area contributed by atoms with Crippen molar-refractivity contribution >= 4 is 29.0 Å². The molecule has 4 heterocycles. The quantitative estimate of drug-likeness (QED) is 0.358. The molecule has 0 spiro atoms. The Labute approximate surface area is 219 Å². The molecule has 9 heteroatoms. The molecular weight excluding hydrogens is 488 g/mol. The van der Waals surface area contributed by atoms with E-state index in [1.807, 2.05) is 55.5 Å². The number of pyridine rings is 1. The van der Waals surface area contributed by atoms with Gasteiger partial charge in [0.25, 0.3) is 0 Å². The molecule has 8 nitrogen and oxygen atoms in total. The highest BCUT2D eigenvalue weighted by molar-refractivity contribution is 7.80. The molecule has 1 saturated heterocycles. The Balaban J connectivity index is 1.48. The summed E-state index contributed by atoms with van der Waals surface area (Å²) >= 11 is 5.87. The number of rotatable bonds is 5. The van der Waals surface area contributed by atoms with Crippen molar-refractivity contribution in [1.82, 2.24) is 14.9 Å². The van der Waals surface area contributed by atoms with Crippen molar-refractivity contribution in [3.05, 3.63) is 101 Å². The Bertz CT molecular complexity index is 1520. The number of aromatic carboxylic acids is 1. The van der Waals surface area contributed by atoms with E-state index < -0.39 is 5.97 Å². The van der Waals surface area contributed by atoms with Crippen LogP contribution in [0.2, 0.25) is 0 Å². The number of carboxylic acids is 1. The summed E-state index contributed by atoms with van der Waals surface area (Å²) < 4.78 is 13.3. The zero-order valence-corrected chi connectivity index (χ0v) is 21.0. The fraction of sp³-hybridized carbons (Fsp3) is 0.179. The lowest BCUT2D eigenvalue weighted by molar-refractivity contribution is 0.0697. The van der Waals surface area contributed by atoms with Crippen molar-refractivity contribution in [2.24, 2.45) is 0 Å². The average molecular weight is 513 g/mol. The lowest BCUT2D eigenvalue weighted by atomic mass is 9.96. The maximum absolute atomic E-state index is 11.3. The van der Waals surface area contributed by atoms with Crippen LogP contribution in [0.3, 0.4) is 0 Å². The van der Waals surface area contributed by atoms with Crippen LogP contribution < -0.4 is 19.7 Å². The van der Waals surface area contributed by atoms with E-state index in [1.54, 1.807) is 18.3 Å². The van der Waals surface area contributed by atoms with E-state index in [0.717, 1.165) is 34.0 Å². The summed E-state index contributed by atoms with van der Waals surface area (Å²) in [5.74, 6) is 0.447. The molecule has 2 aromatic heterocycles. The van der Waals surface area contributed by atoms with Crippen LogP contribution in [-0.2, 0) is 0 Å². The first kappa shape index (κ1) is 23.1. The Morgan fingerprint density at radius 1 is 1.03 bits per heavy atom. The van der Waals surface area contributed by atoms with Crippen molar-refractivity contribution in [3.63, 3.8) is 0 Å². The number of aryl methyl sites for hydroxylation is 1. The van der Waals surface area contributed by atoms with Crippen LogP contribution in [0.15, 0.2) is 72.9 Å². The van der Waals surface area contributed by atoms with E-state index in [1.165, 1.54) is 0 Å². The minimum Gasteiger partial charge on any atom is -0.478 e. The zero-order valence-electron chi connectivity index (χ0n) is 20.2. The molecule has 2 aromatic carbocycles. The number of benzene rings is 2. The lowest BCUT2D eigenvalue weighted by Gasteiger charge is -2.28. The molecule has 186 valence electrons. The number of aromatic nitrogens is 2. The first-order chi connectivity index (χ1) is 17.9. The molecule has 0 unspecified atom stereocenters. The number of nitrogens with one attached hydrogen (secondary N) is 1. The van der Waals surface area contributed by atoms with Gasteiger partial charge in [-0.3, -0.25) is 4.98 Å². The lowest BCUT2D eigenvalue weighted by Crippen LogP contribution is -2.29. The number of hydrogen-bond acceptors (Lipinski definition) is 5. The van der Waals surface area contributed by atoms with Gasteiger partial charge in [0.2, 0.25) is 6.79 Å². The van der Waals surface area contributed by atoms with Gasteiger partial charge in [-0.25, -0.2) is 4.79 Å².